The van der Waals surface area contributed by atoms with Gasteiger partial charge in [0, 0.05) is 11.1 Å². The van der Waals surface area contributed by atoms with E-state index in [9.17, 15) is 24.0 Å². The van der Waals surface area contributed by atoms with Gasteiger partial charge in [0.25, 0.3) is 0 Å². The van der Waals surface area contributed by atoms with Crippen LogP contribution < -0.4 is 0 Å². The van der Waals surface area contributed by atoms with E-state index in [2.05, 4.69) is 0 Å². The van der Waals surface area contributed by atoms with Gasteiger partial charge in [-0.15, -0.1) is 0 Å². The molecular weight excluding hydrogens is 468 g/mol. The SMILES string of the molecule is COC(=O)c1cc(C(=O)c2ccc(C(=O)OC(C)(C)C)c(C(=O)OC)c2)ccc1C(=O)OC(C)(C)C. The monoisotopic (exact) mass is 498 g/mol. The molecule has 0 amide bonds. The van der Waals surface area contributed by atoms with Gasteiger partial charge in [0.05, 0.1) is 36.5 Å². The molecular formula is C27H30O9. The first-order valence-electron chi connectivity index (χ1n) is 11.0. The maximum absolute atomic E-state index is 13.3. The topological polar surface area (TPSA) is 122 Å². The zero-order chi connectivity index (χ0) is 27.4. The second-order valence-electron chi connectivity index (χ2n) is 9.84. The zero-order valence-corrected chi connectivity index (χ0v) is 21.6. The predicted molar refractivity (Wildman–Crippen MR) is 129 cm³/mol. The van der Waals surface area contributed by atoms with Crippen molar-refractivity contribution >= 4 is 29.7 Å². The fourth-order valence-corrected chi connectivity index (χ4v) is 3.12. The molecule has 0 fully saturated rings. The van der Waals surface area contributed by atoms with Crippen molar-refractivity contribution in [3.05, 3.63) is 69.8 Å². The van der Waals surface area contributed by atoms with Crippen LogP contribution in [0.15, 0.2) is 36.4 Å². The summed E-state index contributed by atoms with van der Waals surface area (Å²) in [4.78, 5) is 63.2. The number of carbonyl (C=O) groups is 5. The van der Waals surface area contributed by atoms with E-state index in [1.807, 2.05) is 0 Å². The van der Waals surface area contributed by atoms with E-state index in [1.165, 1.54) is 36.4 Å². The van der Waals surface area contributed by atoms with Crippen LogP contribution in [0.4, 0.5) is 0 Å². The fourth-order valence-electron chi connectivity index (χ4n) is 3.12. The molecule has 0 radical (unpaired) electrons. The minimum Gasteiger partial charge on any atom is -0.465 e. The van der Waals surface area contributed by atoms with Crippen LogP contribution in [-0.2, 0) is 18.9 Å². The van der Waals surface area contributed by atoms with Gasteiger partial charge in [-0.3, -0.25) is 4.79 Å². The Bertz CT molecular complexity index is 1120. The summed E-state index contributed by atoms with van der Waals surface area (Å²) in [6, 6.07) is 7.73. The minimum atomic E-state index is -0.832. The number of esters is 4. The number of methoxy groups -OCH3 is 2. The lowest BCUT2D eigenvalue weighted by Crippen LogP contribution is -2.25. The molecule has 192 valence electrons. The highest BCUT2D eigenvalue weighted by Crippen LogP contribution is 2.23. The molecule has 2 aromatic rings. The second kappa shape index (κ2) is 10.7. The lowest BCUT2D eigenvalue weighted by Gasteiger charge is -2.20. The van der Waals surface area contributed by atoms with Crippen molar-refractivity contribution in [1.29, 1.82) is 0 Å². The molecule has 0 aliphatic rings. The summed E-state index contributed by atoms with van der Waals surface area (Å²) in [5.74, 6) is -3.74. The molecule has 0 bridgehead atoms. The Balaban J connectivity index is 2.55. The summed E-state index contributed by atoms with van der Waals surface area (Å²) in [5, 5.41) is 0. The standard InChI is InChI=1S/C27H30O9/c1-26(2,3)35-24(31)17-11-9-15(13-19(17)22(29)33-7)21(28)16-10-12-18(20(14-16)23(30)34-8)25(32)36-27(4,5)6/h9-14H,1-8H3. The molecule has 0 atom stereocenters. The van der Waals surface area contributed by atoms with Crippen LogP contribution >= 0.6 is 0 Å². The number of carbonyl (C=O) groups excluding carboxylic acids is 5. The van der Waals surface area contributed by atoms with Gasteiger partial charge in [0.1, 0.15) is 11.2 Å². The van der Waals surface area contributed by atoms with Gasteiger partial charge in [-0.2, -0.15) is 0 Å². The smallest absolute Gasteiger partial charge is 0.339 e. The average molecular weight is 499 g/mol. The summed E-state index contributed by atoms with van der Waals surface area (Å²) < 4.78 is 20.2. The Morgan fingerprint density at radius 2 is 0.861 bits per heavy atom. The number of rotatable bonds is 6. The van der Waals surface area contributed by atoms with Crippen molar-refractivity contribution in [2.75, 3.05) is 14.2 Å². The van der Waals surface area contributed by atoms with Gasteiger partial charge < -0.3 is 18.9 Å². The van der Waals surface area contributed by atoms with E-state index in [4.69, 9.17) is 18.9 Å². The van der Waals surface area contributed by atoms with E-state index < -0.39 is 40.9 Å². The highest BCUT2D eigenvalue weighted by molar-refractivity contribution is 6.13. The first-order valence-corrected chi connectivity index (χ1v) is 11.0. The van der Waals surface area contributed by atoms with E-state index in [0.29, 0.717) is 0 Å². The highest BCUT2D eigenvalue weighted by Gasteiger charge is 2.27. The summed E-state index contributed by atoms with van der Waals surface area (Å²) >= 11 is 0. The number of ketones is 1. The summed E-state index contributed by atoms with van der Waals surface area (Å²) in [6.45, 7) is 10.1. The Morgan fingerprint density at radius 3 is 1.14 bits per heavy atom. The maximum atomic E-state index is 13.3. The van der Waals surface area contributed by atoms with Gasteiger partial charge in [0.15, 0.2) is 5.78 Å². The van der Waals surface area contributed by atoms with Gasteiger partial charge in [-0.25, -0.2) is 19.2 Å². The van der Waals surface area contributed by atoms with Crippen LogP contribution in [0, 0.1) is 0 Å². The zero-order valence-electron chi connectivity index (χ0n) is 21.6. The van der Waals surface area contributed by atoms with Crippen LogP contribution in [0.5, 0.6) is 0 Å². The number of ether oxygens (including phenoxy) is 4. The third-order valence-corrected chi connectivity index (χ3v) is 4.61. The molecule has 0 unspecified atom stereocenters. The van der Waals surface area contributed by atoms with Crippen LogP contribution in [0.25, 0.3) is 0 Å². The van der Waals surface area contributed by atoms with Crippen molar-refractivity contribution in [2.45, 2.75) is 52.7 Å². The van der Waals surface area contributed by atoms with Crippen molar-refractivity contribution < 1.29 is 42.9 Å². The third-order valence-electron chi connectivity index (χ3n) is 4.61. The molecule has 9 nitrogen and oxygen atoms in total. The molecule has 0 N–H and O–H groups in total. The summed E-state index contributed by atoms with van der Waals surface area (Å²) in [6.07, 6.45) is 0. The van der Waals surface area contributed by atoms with Gasteiger partial charge >= 0.3 is 23.9 Å². The molecule has 0 aromatic heterocycles. The first-order chi connectivity index (χ1) is 16.6. The molecule has 0 saturated heterocycles. The van der Waals surface area contributed by atoms with Gasteiger partial charge in [0.2, 0.25) is 0 Å². The second-order valence-corrected chi connectivity index (χ2v) is 9.84. The highest BCUT2D eigenvalue weighted by atomic mass is 16.6. The minimum absolute atomic E-state index is 0.0449. The van der Waals surface area contributed by atoms with E-state index in [0.717, 1.165) is 14.2 Å². The molecule has 0 saturated carbocycles. The summed E-state index contributed by atoms with van der Waals surface area (Å²) in [5.41, 5.74) is -1.97. The van der Waals surface area contributed by atoms with Crippen molar-refractivity contribution in [1.82, 2.24) is 0 Å². The fraction of sp³-hybridized carbons (Fsp3) is 0.370. The lowest BCUT2D eigenvalue weighted by atomic mass is 9.95. The first kappa shape index (κ1) is 28.2. The average Bonchev–Trinajstić information content (AvgIpc) is 2.79. The lowest BCUT2D eigenvalue weighted by molar-refractivity contribution is 0.00543. The van der Waals surface area contributed by atoms with Crippen LogP contribution in [0.2, 0.25) is 0 Å². The molecule has 0 spiro atoms. The number of hydrogen-bond acceptors (Lipinski definition) is 9. The molecule has 0 aliphatic heterocycles. The normalized spacial score (nSPS) is 11.3. The Labute approximate surface area is 209 Å². The van der Waals surface area contributed by atoms with Crippen molar-refractivity contribution in [3.8, 4) is 0 Å². The van der Waals surface area contributed by atoms with E-state index in [1.54, 1.807) is 41.5 Å². The Kier molecular flexibility index (Phi) is 8.41. The van der Waals surface area contributed by atoms with Gasteiger partial charge in [-0.1, -0.05) is 12.1 Å². The van der Waals surface area contributed by atoms with Crippen molar-refractivity contribution in [2.24, 2.45) is 0 Å². The molecule has 0 heterocycles. The van der Waals surface area contributed by atoms with Crippen molar-refractivity contribution in [3.63, 3.8) is 0 Å². The Hall–Kier alpha value is -4.01. The third kappa shape index (κ3) is 7.00. The quantitative estimate of drug-likeness (QED) is 0.324. The van der Waals surface area contributed by atoms with Crippen LogP contribution in [-0.4, -0.2) is 55.1 Å². The number of hydrogen-bond donors (Lipinski definition) is 0. The van der Waals surface area contributed by atoms with Crippen LogP contribution in [0.3, 0.4) is 0 Å². The number of benzene rings is 2. The summed E-state index contributed by atoms with van der Waals surface area (Å²) in [7, 11) is 2.29. The molecule has 36 heavy (non-hydrogen) atoms. The maximum Gasteiger partial charge on any atom is 0.339 e. The molecule has 2 rings (SSSR count). The largest absolute Gasteiger partial charge is 0.465 e. The Morgan fingerprint density at radius 1 is 0.528 bits per heavy atom. The van der Waals surface area contributed by atoms with E-state index in [-0.39, 0.29) is 33.4 Å². The van der Waals surface area contributed by atoms with E-state index >= 15 is 0 Å². The molecule has 0 aliphatic carbocycles. The van der Waals surface area contributed by atoms with Crippen LogP contribution in [0.1, 0.15) is 98.9 Å². The predicted octanol–water partition coefficient (Wildman–Crippen LogP) is 4.40. The molecule has 2 aromatic carbocycles. The van der Waals surface area contributed by atoms with Gasteiger partial charge in [-0.05, 0) is 65.8 Å². The molecule has 9 heteroatoms.